The first-order chi connectivity index (χ1) is 11.3. The van der Waals surface area contributed by atoms with Gasteiger partial charge in [-0.1, -0.05) is 23.4 Å². The van der Waals surface area contributed by atoms with E-state index in [1.54, 1.807) is 6.08 Å². The van der Waals surface area contributed by atoms with Crippen molar-refractivity contribution < 1.29 is 19.4 Å². The molecule has 0 saturated carbocycles. The molecule has 0 spiro atoms. The van der Waals surface area contributed by atoms with Gasteiger partial charge >= 0.3 is 0 Å². The highest BCUT2D eigenvalue weighted by Gasteiger charge is 2.48. The Morgan fingerprint density at radius 3 is 3.00 bits per heavy atom. The van der Waals surface area contributed by atoms with Crippen LogP contribution in [0.4, 0.5) is 4.79 Å². The molecule has 7 heteroatoms. The van der Waals surface area contributed by atoms with Crippen molar-refractivity contribution in [1.82, 2.24) is 10.6 Å². The van der Waals surface area contributed by atoms with Gasteiger partial charge in [-0.05, 0) is 33.1 Å². The summed E-state index contributed by atoms with van der Waals surface area (Å²) in [4.78, 5) is 23.6. The summed E-state index contributed by atoms with van der Waals surface area (Å²) in [6, 6.07) is -0.653. The van der Waals surface area contributed by atoms with Gasteiger partial charge in [0.05, 0.1) is 12.1 Å². The third-order valence-electron chi connectivity index (χ3n) is 4.24. The van der Waals surface area contributed by atoms with E-state index in [1.807, 2.05) is 19.9 Å². The number of ether oxygens (including phenoxy) is 1. The lowest BCUT2D eigenvalue weighted by atomic mass is 9.92. The van der Waals surface area contributed by atoms with Gasteiger partial charge in [-0.25, -0.2) is 0 Å². The standard InChI is InChI=1S/C17H26N2O4S/c1-4-5-6-11(2)7-15(20)18-13-8-12(3)23-17(22,9-13)14-10-24-16(21)19-14/h4,7,12-14,22H,1,5-6,8-10H2,2-3H3,(H,18,20)(H,19,21)/b11-7-/t12-,13-,14+,17-/m1/s1. The van der Waals surface area contributed by atoms with Crippen molar-refractivity contribution in [2.45, 2.75) is 63.5 Å². The van der Waals surface area contributed by atoms with Crippen molar-refractivity contribution in [2.75, 3.05) is 5.75 Å². The molecule has 0 aromatic carbocycles. The number of allylic oxidation sites excluding steroid dienone is 2. The summed E-state index contributed by atoms with van der Waals surface area (Å²) in [5.74, 6) is -1.15. The molecule has 6 nitrogen and oxygen atoms in total. The molecule has 2 aliphatic heterocycles. The molecule has 0 aliphatic carbocycles. The lowest BCUT2D eigenvalue weighted by Crippen LogP contribution is -2.60. The van der Waals surface area contributed by atoms with Gasteiger partial charge in [-0.2, -0.15) is 0 Å². The van der Waals surface area contributed by atoms with E-state index in [1.165, 1.54) is 0 Å². The van der Waals surface area contributed by atoms with Crippen LogP contribution < -0.4 is 10.6 Å². The molecule has 0 unspecified atom stereocenters. The Balaban J connectivity index is 1.96. The molecule has 2 heterocycles. The Morgan fingerprint density at radius 1 is 1.62 bits per heavy atom. The number of amides is 2. The Morgan fingerprint density at radius 2 is 2.38 bits per heavy atom. The van der Waals surface area contributed by atoms with Crippen molar-refractivity contribution >= 4 is 22.9 Å². The van der Waals surface area contributed by atoms with Crippen molar-refractivity contribution in [3.8, 4) is 0 Å². The van der Waals surface area contributed by atoms with Crippen LogP contribution >= 0.6 is 11.8 Å². The largest absolute Gasteiger partial charge is 0.364 e. The molecular formula is C17H26N2O4S. The number of thioether (sulfide) groups is 1. The fraction of sp³-hybridized carbons (Fsp3) is 0.647. The van der Waals surface area contributed by atoms with E-state index in [4.69, 9.17) is 4.74 Å². The number of carbonyl (C=O) groups is 2. The van der Waals surface area contributed by atoms with Crippen LogP contribution in [0.25, 0.3) is 0 Å². The van der Waals surface area contributed by atoms with Crippen LogP contribution in [0, 0.1) is 0 Å². The molecule has 134 valence electrons. The summed E-state index contributed by atoms with van der Waals surface area (Å²) in [6.07, 6.45) is 5.73. The quantitative estimate of drug-likeness (QED) is 0.502. The molecule has 2 fully saturated rings. The molecule has 2 saturated heterocycles. The van der Waals surface area contributed by atoms with Gasteiger partial charge in [0, 0.05) is 24.3 Å². The Bertz CT molecular complexity index is 537. The fourth-order valence-corrected chi connectivity index (χ4v) is 4.00. The Hall–Kier alpha value is -1.31. The van der Waals surface area contributed by atoms with Crippen LogP contribution in [0.5, 0.6) is 0 Å². The maximum Gasteiger partial charge on any atom is 0.279 e. The number of aliphatic hydroxyl groups is 1. The number of hydrogen-bond donors (Lipinski definition) is 3. The third kappa shape index (κ3) is 5.09. The summed E-state index contributed by atoms with van der Waals surface area (Å²) in [5.41, 5.74) is 0.988. The normalized spacial score (nSPS) is 33.9. The molecular weight excluding hydrogens is 328 g/mol. The van der Waals surface area contributed by atoms with Crippen LogP contribution in [0.15, 0.2) is 24.3 Å². The number of rotatable bonds is 6. The highest BCUT2D eigenvalue weighted by molar-refractivity contribution is 8.14. The van der Waals surface area contributed by atoms with Gasteiger partial charge in [-0.15, -0.1) is 6.58 Å². The van der Waals surface area contributed by atoms with Crippen LogP contribution in [0.2, 0.25) is 0 Å². The minimum Gasteiger partial charge on any atom is -0.364 e. The second-order valence-corrected chi connectivity index (χ2v) is 7.52. The van der Waals surface area contributed by atoms with E-state index in [2.05, 4.69) is 17.2 Å². The first-order valence-electron chi connectivity index (χ1n) is 8.24. The van der Waals surface area contributed by atoms with Gasteiger partial charge in [0.25, 0.3) is 5.24 Å². The second-order valence-electron chi connectivity index (χ2n) is 6.53. The molecule has 2 rings (SSSR count). The fourth-order valence-electron chi connectivity index (χ4n) is 3.11. The van der Waals surface area contributed by atoms with Gasteiger partial charge < -0.3 is 20.5 Å². The summed E-state index contributed by atoms with van der Waals surface area (Å²) < 4.78 is 5.70. The van der Waals surface area contributed by atoms with Crippen molar-refractivity contribution in [3.05, 3.63) is 24.3 Å². The summed E-state index contributed by atoms with van der Waals surface area (Å²) >= 11 is 1.13. The van der Waals surface area contributed by atoms with E-state index in [-0.39, 0.29) is 29.7 Å². The van der Waals surface area contributed by atoms with Gasteiger partial charge in [-0.3, -0.25) is 9.59 Å². The molecule has 24 heavy (non-hydrogen) atoms. The monoisotopic (exact) mass is 354 g/mol. The minimum absolute atomic E-state index is 0.156. The molecule has 0 aromatic heterocycles. The zero-order valence-electron chi connectivity index (χ0n) is 14.2. The number of carbonyl (C=O) groups excluding carboxylic acids is 2. The van der Waals surface area contributed by atoms with Crippen LogP contribution in [0.3, 0.4) is 0 Å². The molecule has 0 bridgehead atoms. The predicted octanol–water partition coefficient (Wildman–Crippen LogP) is 2.10. The highest BCUT2D eigenvalue weighted by atomic mass is 32.2. The predicted molar refractivity (Wildman–Crippen MR) is 94.6 cm³/mol. The first-order valence-corrected chi connectivity index (χ1v) is 9.23. The average molecular weight is 354 g/mol. The number of hydrogen-bond acceptors (Lipinski definition) is 5. The maximum atomic E-state index is 12.2. The maximum absolute atomic E-state index is 12.2. The molecule has 0 radical (unpaired) electrons. The van der Waals surface area contributed by atoms with E-state index < -0.39 is 11.8 Å². The van der Waals surface area contributed by atoms with Crippen LogP contribution in [-0.2, 0) is 9.53 Å². The summed E-state index contributed by atoms with van der Waals surface area (Å²) in [6.45, 7) is 7.45. The second kappa shape index (κ2) is 8.18. The van der Waals surface area contributed by atoms with Gasteiger partial charge in [0.1, 0.15) is 0 Å². The highest BCUT2D eigenvalue weighted by Crippen LogP contribution is 2.33. The lowest BCUT2D eigenvalue weighted by molar-refractivity contribution is -0.264. The van der Waals surface area contributed by atoms with Crippen molar-refractivity contribution in [1.29, 1.82) is 0 Å². The van der Waals surface area contributed by atoms with Crippen LogP contribution in [0.1, 0.15) is 39.5 Å². The van der Waals surface area contributed by atoms with Crippen LogP contribution in [-0.4, -0.2) is 46.0 Å². The zero-order chi connectivity index (χ0) is 17.7. The molecule has 3 N–H and O–H groups in total. The topological polar surface area (TPSA) is 87.7 Å². The van der Waals surface area contributed by atoms with E-state index in [0.29, 0.717) is 12.2 Å². The Labute approximate surface area is 147 Å². The molecule has 0 aromatic rings. The van der Waals surface area contributed by atoms with E-state index >= 15 is 0 Å². The van der Waals surface area contributed by atoms with Gasteiger partial charge in [0.2, 0.25) is 5.91 Å². The number of nitrogens with one attached hydrogen (secondary N) is 2. The average Bonchev–Trinajstić information content (AvgIpc) is 2.91. The van der Waals surface area contributed by atoms with E-state index in [0.717, 1.165) is 30.2 Å². The lowest BCUT2D eigenvalue weighted by Gasteiger charge is -2.43. The summed E-state index contributed by atoms with van der Waals surface area (Å²) in [5, 5.41) is 16.3. The van der Waals surface area contributed by atoms with Gasteiger partial charge in [0.15, 0.2) is 5.79 Å². The minimum atomic E-state index is -1.45. The molecule has 4 atom stereocenters. The summed E-state index contributed by atoms with van der Waals surface area (Å²) in [7, 11) is 0. The third-order valence-corrected chi connectivity index (χ3v) is 5.12. The molecule has 2 aliphatic rings. The van der Waals surface area contributed by atoms with Crippen molar-refractivity contribution in [2.24, 2.45) is 0 Å². The molecule has 2 amide bonds. The smallest absolute Gasteiger partial charge is 0.279 e. The SMILES string of the molecule is C=CCC/C(C)=C\C(=O)N[C@@H]1C[C@@H](C)O[C@@](O)([C@@H]2CSC(=O)N2)C1. The Kier molecular flexibility index (Phi) is 6.48. The zero-order valence-corrected chi connectivity index (χ0v) is 15.0. The van der Waals surface area contributed by atoms with E-state index in [9.17, 15) is 14.7 Å². The van der Waals surface area contributed by atoms with Crippen molar-refractivity contribution in [3.63, 3.8) is 0 Å². The first kappa shape index (κ1) is 19.0.